The van der Waals surface area contributed by atoms with Crippen molar-refractivity contribution in [3.05, 3.63) is 113 Å². The summed E-state index contributed by atoms with van der Waals surface area (Å²) in [5.74, 6) is 1.29. The third-order valence-corrected chi connectivity index (χ3v) is 14.2. The van der Waals surface area contributed by atoms with Crippen LogP contribution in [-0.4, -0.2) is 95.7 Å². The average Bonchev–Trinajstić information content (AvgIpc) is 3.90. The van der Waals surface area contributed by atoms with E-state index in [1.54, 1.807) is 4.90 Å². The molecule has 15 nitrogen and oxygen atoms in total. The van der Waals surface area contributed by atoms with Gasteiger partial charge in [-0.2, -0.15) is 0 Å². The number of amides is 4. The maximum absolute atomic E-state index is 13.7. The molecule has 2 saturated heterocycles. The lowest BCUT2D eigenvalue weighted by atomic mass is 10.0. The van der Waals surface area contributed by atoms with Crippen molar-refractivity contribution in [3.8, 4) is 50.7 Å². The summed E-state index contributed by atoms with van der Waals surface area (Å²) in [6, 6.07) is 27.9. The van der Waals surface area contributed by atoms with Crippen LogP contribution in [0.15, 0.2) is 95.7 Å². The van der Waals surface area contributed by atoms with Crippen molar-refractivity contribution < 1.29 is 29.0 Å². The smallest absolute Gasteiger partial charge is 0.407 e. The van der Waals surface area contributed by atoms with Gasteiger partial charge in [0.25, 0.3) is 0 Å². The van der Waals surface area contributed by atoms with Crippen LogP contribution in [0.25, 0.3) is 50.7 Å². The quantitative estimate of drug-likeness (QED) is 0.0712. The number of hydrogen-bond donors (Lipinski definition) is 5. The van der Waals surface area contributed by atoms with Crippen molar-refractivity contribution in [3.63, 3.8) is 0 Å². The highest BCUT2D eigenvalue weighted by atomic mass is 79.9. The number of imidazole rings is 2. The molecule has 3 fully saturated rings. The maximum Gasteiger partial charge on any atom is 0.407 e. The van der Waals surface area contributed by atoms with E-state index < -0.39 is 24.3 Å². The van der Waals surface area contributed by atoms with Gasteiger partial charge in [-0.1, -0.05) is 88.4 Å². The largest absolute Gasteiger partial charge is 0.465 e. The Balaban J connectivity index is 0.967. The van der Waals surface area contributed by atoms with Crippen LogP contribution in [0.3, 0.4) is 0 Å². The van der Waals surface area contributed by atoms with Crippen molar-refractivity contribution in [2.24, 2.45) is 11.8 Å². The highest BCUT2D eigenvalue weighted by Gasteiger charge is 2.39. The molecule has 5 heterocycles. The molecule has 68 heavy (non-hydrogen) atoms. The number of nitrogens with zero attached hydrogens (tertiary/aromatic N) is 5. The Hall–Kier alpha value is -6.68. The Kier molecular flexibility index (Phi) is 13.3. The van der Waals surface area contributed by atoms with E-state index in [4.69, 9.17) is 14.7 Å². The number of likely N-dealkylation sites (tertiary alicyclic amines) is 2. The van der Waals surface area contributed by atoms with Gasteiger partial charge in [0.15, 0.2) is 0 Å². The zero-order valence-corrected chi connectivity index (χ0v) is 40.5. The van der Waals surface area contributed by atoms with E-state index >= 15 is 0 Å². The van der Waals surface area contributed by atoms with E-state index in [9.17, 15) is 24.3 Å². The normalized spacial score (nSPS) is 18.0. The Morgan fingerprint density at radius 1 is 0.691 bits per heavy atom. The van der Waals surface area contributed by atoms with E-state index in [1.165, 1.54) is 25.5 Å². The topological polar surface area (TPSA) is 191 Å². The SMILES string of the molecule is COC(=O)N[C@H](C(=O)N1CCC[C@H]1c1nc(-c2ccc(-c3ccc(-c4ccc(-c5nc([C@@H]6CCCN6C(=O)[C@@H](NC(=O)O)C(C)C)[nH]c5Br)cc4)n3-c3ccc(C4CC4)cc3)cc2)c[nH]1)C(C)C. The monoisotopic (exact) mass is 983 g/mol. The van der Waals surface area contributed by atoms with Crippen LogP contribution in [0, 0.1) is 11.8 Å². The maximum atomic E-state index is 13.7. The number of alkyl carbamates (subject to hydrolysis) is 1. The number of aromatic nitrogens is 5. The second-order valence-electron chi connectivity index (χ2n) is 18.8. The van der Waals surface area contributed by atoms with Gasteiger partial charge in [0.2, 0.25) is 11.8 Å². The first-order valence-electron chi connectivity index (χ1n) is 23.6. The van der Waals surface area contributed by atoms with E-state index in [2.05, 4.69) is 126 Å². The molecule has 1 saturated carbocycles. The summed E-state index contributed by atoms with van der Waals surface area (Å²) in [5, 5.41) is 14.6. The number of carboxylic acid groups (broad SMARTS) is 1. The number of methoxy groups -OCH3 is 1. The third kappa shape index (κ3) is 9.42. The number of ether oxygens (including phenoxy) is 1. The minimum Gasteiger partial charge on any atom is -0.465 e. The molecule has 6 aromatic rings. The molecule has 3 aliphatic rings. The minimum absolute atomic E-state index is 0.120. The molecule has 3 aromatic carbocycles. The molecule has 0 unspecified atom stereocenters. The van der Waals surface area contributed by atoms with Crippen molar-refractivity contribution in [1.82, 2.24) is 44.9 Å². The van der Waals surface area contributed by atoms with E-state index in [-0.39, 0.29) is 35.7 Å². The molecule has 4 atom stereocenters. The molecule has 0 bridgehead atoms. The second kappa shape index (κ2) is 19.5. The molecule has 4 amide bonds. The average molecular weight is 985 g/mol. The fourth-order valence-corrected chi connectivity index (χ4v) is 10.3. The van der Waals surface area contributed by atoms with Crippen molar-refractivity contribution in [2.75, 3.05) is 20.2 Å². The van der Waals surface area contributed by atoms with Crippen LogP contribution < -0.4 is 10.6 Å². The summed E-state index contributed by atoms with van der Waals surface area (Å²) in [5.41, 5.74) is 9.90. The molecule has 5 N–H and O–H groups in total. The molecule has 354 valence electrons. The molecule has 9 rings (SSSR count). The number of halogens is 1. The Labute approximate surface area is 404 Å². The first kappa shape index (κ1) is 46.4. The summed E-state index contributed by atoms with van der Waals surface area (Å²) in [7, 11) is 1.29. The number of aromatic amines is 2. The third-order valence-electron chi connectivity index (χ3n) is 13.6. The lowest BCUT2D eigenvalue weighted by Gasteiger charge is -2.29. The zero-order chi connectivity index (χ0) is 47.8. The summed E-state index contributed by atoms with van der Waals surface area (Å²) in [4.78, 5) is 71.3. The van der Waals surface area contributed by atoms with Gasteiger partial charge in [-0.05, 0) is 113 Å². The number of hydrogen-bond acceptors (Lipinski definition) is 7. The van der Waals surface area contributed by atoms with E-state index in [0.29, 0.717) is 35.3 Å². The van der Waals surface area contributed by atoms with Crippen molar-refractivity contribution in [1.29, 1.82) is 0 Å². The molecule has 0 radical (unpaired) electrons. The van der Waals surface area contributed by atoms with Crippen molar-refractivity contribution >= 4 is 39.9 Å². The first-order chi connectivity index (χ1) is 32.8. The highest BCUT2D eigenvalue weighted by Crippen LogP contribution is 2.42. The molecule has 2 aliphatic heterocycles. The van der Waals surface area contributed by atoms with Crippen LogP contribution in [-0.2, 0) is 14.3 Å². The van der Waals surface area contributed by atoms with Gasteiger partial charge in [-0.3, -0.25) is 9.59 Å². The van der Waals surface area contributed by atoms with Crippen LogP contribution >= 0.6 is 15.9 Å². The zero-order valence-electron chi connectivity index (χ0n) is 39.0. The Morgan fingerprint density at radius 3 is 1.75 bits per heavy atom. The number of H-pyrrole nitrogens is 2. The Bertz CT molecular complexity index is 2790. The van der Waals surface area contributed by atoms with Gasteiger partial charge in [0.1, 0.15) is 34.0 Å². The molecular weight excluding hydrogens is 927 g/mol. The summed E-state index contributed by atoms with van der Waals surface area (Å²) in [6.07, 6.45) is 5.62. The molecule has 3 aromatic heterocycles. The number of carbonyl (C=O) groups excluding carboxylic acids is 3. The van der Waals surface area contributed by atoms with Crippen LogP contribution in [0.1, 0.15) is 101 Å². The van der Waals surface area contributed by atoms with Crippen LogP contribution in [0.2, 0.25) is 0 Å². The van der Waals surface area contributed by atoms with E-state index in [0.717, 1.165) is 76.4 Å². The van der Waals surface area contributed by atoms with Gasteiger partial charge in [-0.25, -0.2) is 19.6 Å². The van der Waals surface area contributed by atoms with Gasteiger partial charge in [0.05, 0.1) is 36.3 Å². The predicted molar refractivity (Wildman–Crippen MR) is 263 cm³/mol. The highest BCUT2D eigenvalue weighted by molar-refractivity contribution is 9.10. The minimum atomic E-state index is -1.22. The predicted octanol–water partition coefficient (Wildman–Crippen LogP) is 10.2. The van der Waals surface area contributed by atoms with Crippen LogP contribution in [0.4, 0.5) is 9.59 Å². The first-order valence-corrected chi connectivity index (χ1v) is 24.4. The lowest BCUT2D eigenvalue weighted by molar-refractivity contribution is -0.136. The molecular formula is C52H58BrN9O6. The molecule has 0 spiro atoms. The van der Waals surface area contributed by atoms with Gasteiger partial charge in [-0.15, -0.1) is 0 Å². The summed E-state index contributed by atoms with van der Waals surface area (Å²) < 4.78 is 7.81. The summed E-state index contributed by atoms with van der Waals surface area (Å²) in [6.45, 7) is 8.60. The number of nitrogens with one attached hydrogen (secondary N) is 4. The molecule has 16 heteroatoms. The van der Waals surface area contributed by atoms with Gasteiger partial charge in [0, 0.05) is 36.1 Å². The molecule has 1 aliphatic carbocycles. The fraction of sp³-hybridized carbons (Fsp3) is 0.385. The Morgan fingerprint density at radius 2 is 1.22 bits per heavy atom. The number of benzene rings is 3. The summed E-state index contributed by atoms with van der Waals surface area (Å²) >= 11 is 3.71. The standard InChI is InChI=1S/C52H58BrN9O6/c1-29(2)43(57-51(65)66)49(63)61-27-7-9-42(61)48-56-45(46(53)59-48)36-18-16-35(17-19-36)40-25-24-39(62(40)37-22-20-32(21-23-37)31-10-11-31)34-14-12-33(13-15-34)38-28-54-47(55-38)41-8-6-26-60(41)50(64)44(30(3)4)58-52(67)68-5/h12-25,28-31,41-44,57H,6-11,26-27H2,1-5H3,(H,54,55)(H,56,59)(H,58,67)(H,65,66)/t41-,42-,43-,44-/m0/s1. The van der Waals surface area contributed by atoms with Crippen LogP contribution in [0.5, 0.6) is 0 Å². The lowest BCUT2D eigenvalue weighted by Crippen LogP contribution is -2.51. The van der Waals surface area contributed by atoms with Gasteiger partial charge < -0.3 is 44.8 Å². The second-order valence-corrected chi connectivity index (χ2v) is 19.6. The number of rotatable bonds is 14. The number of carbonyl (C=O) groups is 4. The fourth-order valence-electron chi connectivity index (χ4n) is 9.79. The van der Waals surface area contributed by atoms with E-state index in [1.807, 2.05) is 38.8 Å². The van der Waals surface area contributed by atoms with Gasteiger partial charge >= 0.3 is 12.2 Å². The van der Waals surface area contributed by atoms with Crippen molar-refractivity contribution in [2.45, 2.75) is 96.3 Å².